The van der Waals surface area contributed by atoms with Crippen LogP contribution in [-0.2, 0) is 19.6 Å². The van der Waals surface area contributed by atoms with Crippen LogP contribution >= 0.6 is 11.6 Å². The maximum Gasteiger partial charge on any atom is 0.338 e. The number of anilines is 1. The van der Waals surface area contributed by atoms with Gasteiger partial charge in [0.2, 0.25) is 10.0 Å². The van der Waals surface area contributed by atoms with Crippen LogP contribution in [0, 0.1) is 13.8 Å². The Hall–Kier alpha value is -2.42. The third-order valence-corrected chi connectivity index (χ3v) is 5.75. The van der Waals surface area contributed by atoms with E-state index in [1.807, 2.05) is 26.0 Å². The summed E-state index contributed by atoms with van der Waals surface area (Å²) in [5, 5.41) is 2.59. The molecule has 7 nitrogen and oxygen atoms in total. The first kappa shape index (κ1) is 20.9. The third kappa shape index (κ3) is 5.29. The lowest BCUT2D eigenvalue weighted by molar-refractivity contribution is -0.119. The summed E-state index contributed by atoms with van der Waals surface area (Å²) in [6.45, 7) is 3.36. The molecule has 0 radical (unpaired) electrons. The van der Waals surface area contributed by atoms with Crippen LogP contribution in [0.15, 0.2) is 41.3 Å². The van der Waals surface area contributed by atoms with Crippen LogP contribution in [0.3, 0.4) is 0 Å². The van der Waals surface area contributed by atoms with E-state index in [-0.39, 0.29) is 15.5 Å². The highest BCUT2D eigenvalue weighted by Gasteiger charge is 2.19. The largest absolute Gasteiger partial charge is 0.452 e. The topological polar surface area (TPSA) is 102 Å². The average molecular weight is 411 g/mol. The van der Waals surface area contributed by atoms with Crippen LogP contribution in [0.5, 0.6) is 0 Å². The molecule has 0 aliphatic rings. The Morgan fingerprint density at radius 3 is 2.41 bits per heavy atom. The van der Waals surface area contributed by atoms with Crippen LogP contribution in [-0.4, -0.2) is 33.9 Å². The van der Waals surface area contributed by atoms with Gasteiger partial charge in [0.1, 0.15) is 4.90 Å². The molecule has 0 heterocycles. The van der Waals surface area contributed by atoms with Gasteiger partial charge in [-0.05, 0) is 62.4 Å². The maximum absolute atomic E-state index is 12.1. The Morgan fingerprint density at radius 2 is 1.78 bits per heavy atom. The SMILES string of the molecule is CNS(=O)(=O)c1cc(C(=O)OCC(=O)Nc2ccc(C)c(C)c2)ccc1Cl. The van der Waals surface area contributed by atoms with E-state index in [9.17, 15) is 18.0 Å². The van der Waals surface area contributed by atoms with Crippen LogP contribution < -0.4 is 10.0 Å². The number of ether oxygens (including phenoxy) is 1. The lowest BCUT2D eigenvalue weighted by Crippen LogP contribution is -2.22. The van der Waals surface area contributed by atoms with Crippen molar-refractivity contribution >= 4 is 39.2 Å². The van der Waals surface area contributed by atoms with Crippen molar-refractivity contribution in [1.82, 2.24) is 4.72 Å². The number of esters is 1. The summed E-state index contributed by atoms with van der Waals surface area (Å²) in [7, 11) is -2.60. The average Bonchev–Trinajstić information content (AvgIpc) is 2.63. The lowest BCUT2D eigenvalue weighted by atomic mass is 10.1. The van der Waals surface area contributed by atoms with E-state index in [0.29, 0.717) is 5.69 Å². The zero-order valence-corrected chi connectivity index (χ0v) is 16.6. The summed E-state index contributed by atoms with van der Waals surface area (Å²) in [4.78, 5) is 23.8. The van der Waals surface area contributed by atoms with E-state index >= 15 is 0 Å². The third-order valence-electron chi connectivity index (χ3n) is 3.85. The first-order chi connectivity index (χ1) is 12.6. The molecule has 9 heteroatoms. The molecule has 2 N–H and O–H groups in total. The zero-order chi connectivity index (χ0) is 20.2. The molecule has 2 rings (SSSR count). The second kappa shape index (κ2) is 8.51. The summed E-state index contributed by atoms with van der Waals surface area (Å²) in [5.74, 6) is -1.35. The van der Waals surface area contributed by atoms with Gasteiger partial charge >= 0.3 is 5.97 Å². The predicted molar refractivity (Wildman–Crippen MR) is 103 cm³/mol. The normalized spacial score (nSPS) is 11.1. The van der Waals surface area contributed by atoms with Gasteiger partial charge in [0, 0.05) is 5.69 Å². The maximum atomic E-state index is 12.1. The molecule has 0 spiro atoms. The highest BCUT2D eigenvalue weighted by Crippen LogP contribution is 2.22. The number of amides is 1. The number of hydrogen-bond acceptors (Lipinski definition) is 5. The van der Waals surface area contributed by atoms with Crippen molar-refractivity contribution in [1.29, 1.82) is 0 Å². The van der Waals surface area contributed by atoms with Crippen molar-refractivity contribution in [3.8, 4) is 0 Å². The van der Waals surface area contributed by atoms with Crippen LogP contribution in [0.25, 0.3) is 0 Å². The van der Waals surface area contributed by atoms with E-state index in [2.05, 4.69) is 10.0 Å². The lowest BCUT2D eigenvalue weighted by Gasteiger charge is -2.10. The fourth-order valence-corrected chi connectivity index (χ4v) is 3.43. The molecule has 1 amide bonds. The molecule has 144 valence electrons. The number of carbonyl (C=O) groups is 2. The minimum atomic E-state index is -3.83. The van der Waals surface area contributed by atoms with E-state index in [1.54, 1.807) is 6.07 Å². The molecule has 0 saturated heterocycles. The zero-order valence-electron chi connectivity index (χ0n) is 15.0. The van der Waals surface area contributed by atoms with Crippen LogP contribution in [0.2, 0.25) is 5.02 Å². The molecule has 0 aromatic heterocycles. The summed E-state index contributed by atoms with van der Waals surface area (Å²) >= 11 is 5.87. The molecule has 27 heavy (non-hydrogen) atoms. The van der Waals surface area contributed by atoms with Crippen molar-refractivity contribution < 1.29 is 22.7 Å². The van der Waals surface area contributed by atoms with Gasteiger partial charge in [0.15, 0.2) is 6.61 Å². The molecule has 0 unspecified atom stereocenters. The van der Waals surface area contributed by atoms with Gasteiger partial charge in [-0.1, -0.05) is 17.7 Å². The van der Waals surface area contributed by atoms with Crippen molar-refractivity contribution in [3.05, 3.63) is 58.1 Å². The van der Waals surface area contributed by atoms with E-state index in [4.69, 9.17) is 16.3 Å². The van der Waals surface area contributed by atoms with Crippen molar-refractivity contribution in [2.75, 3.05) is 19.0 Å². The van der Waals surface area contributed by atoms with E-state index < -0.39 is 28.5 Å². The molecular weight excluding hydrogens is 392 g/mol. The molecular formula is C18H19ClN2O5S. The Morgan fingerprint density at radius 1 is 1.07 bits per heavy atom. The number of hydrogen-bond donors (Lipinski definition) is 2. The monoisotopic (exact) mass is 410 g/mol. The summed E-state index contributed by atoms with van der Waals surface area (Å²) in [6, 6.07) is 9.11. The first-order valence-corrected chi connectivity index (χ1v) is 9.77. The molecule has 2 aromatic carbocycles. The Labute approximate surface area is 162 Å². The number of benzene rings is 2. The number of rotatable bonds is 6. The van der Waals surface area contributed by atoms with Gasteiger partial charge < -0.3 is 10.1 Å². The van der Waals surface area contributed by atoms with Gasteiger partial charge in [-0.15, -0.1) is 0 Å². The second-order valence-corrected chi connectivity index (χ2v) is 8.04. The molecule has 0 aliphatic heterocycles. The van der Waals surface area contributed by atoms with Gasteiger partial charge in [0.25, 0.3) is 5.91 Å². The fourth-order valence-electron chi connectivity index (χ4n) is 2.18. The van der Waals surface area contributed by atoms with Gasteiger partial charge in [-0.25, -0.2) is 17.9 Å². The molecule has 2 aromatic rings. The molecule has 0 bridgehead atoms. The minimum absolute atomic E-state index is 0.0339. The summed E-state index contributed by atoms with van der Waals surface area (Å²) in [6.07, 6.45) is 0. The van der Waals surface area contributed by atoms with Crippen LogP contribution in [0.4, 0.5) is 5.69 Å². The number of nitrogens with one attached hydrogen (secondary N) is 2. The molecule has 0 atom stereocenters. The van der Waals surface area contributed by atoms with Crippen molar-refractivity contribution in [3.63, 3.8) is 0 Å². The van der Waals surface area contributed by atoms with Gasteiger partial charge in [-0.2, -0.15) is 0 Å². The Kier molecular flexibility index (Phi) is 6.59. The van der Waals surface area contributed by atoms with E-state index in [0.717, 1.165) is 17.2 Å². The highest BCUT2D eigenvalue weighted by atomic mass is 35.5. The molecule has 0 fully saturated rings. The number of sulfonamides is 1. The van der Waals surface area contributed by atoms with Crippen molar-refractivity contribution in [2.45, 2.75) is 18.7 Å². The Balaban J connectivity index is 2.04. The predicted octanol–water partition coefficient (Wildman–Crippen LogP) is 2.66. The quantitative estimate of drug-likeness (QED) is 0.713. The summed E-state index contributed by atoms with van der Waals surface area (Å²) in [5.41, 5.74) is 2.67. The van der Waals surface area contributed by atoms with Gasteiger partial charge in [-0.3, -0.25) is 4.79 Å². The molecule has 0 saturated carbocycles. The summed E-state index contributed by atoms with van der Waals surface area (Å²) < 4.78 is 30.9. The Bertz CT molecular complexity index is 989. The molecule has 0 aliphatic carbocycles. The minimum Gasteiger partial charge on any atom is -0.452 e. The number of halogens is 1. The van der Waals surface area contributed by atoms with Crippen LogP contribution in [0.1, 0.15) is 21.5 Å². The van der Waals surface area contributed by atoms with E-state index in [1.165, 1.54) is 19.2 Å². The number of carbonyl (C=O) groups excluding carboxylic acids is 2. The van der Waals surface area contributed by atoms with Gasteiger partial charge in [0.05, 0.1) is 10.6 Å². The van der Waals surface area contributed by atoms with Crippen molar-refractivity contribution in [2.24, 2.45) is 0 Å². The number of aryl methyl sites for hydroxylation is 2. The first-order valence-electron chi connectivity index (χ1n) is 7.91. The fraction of sp³-hybridized carbons (Fsp3) is 0.222. The highest BCUT2D eigenvalue weighted by molar-refractivity contribution is 7.89. The standard InChI is InChI=1S/C18H19ClN2O5S/c1-11-4-6-14(8-12(11)2)21-17(22)10-26-18(23)13-5-7-15(19)16(9-13)27(24,25)20-3/h4-9,20H,10H2,1-3H3,(H,21,22). The second-order valence-electron chi connectivity index (χ2n) is 5.78. The smallest absolute Gasteiger partial charge is 0.338 e.